The second-order valence-corrected chi connectivity index (χ2v) is 2.46. The molecule has 0 saturated carbocycles. The summed E-state index contributed by atoms with van der Waals surface area (Å²) in [5.41, 5.74) is 1.09. The lowest BCUT2D eigenvalue weighted by atomic mass is 10.1. The molecule has 1 aromatic rings. The van der Waals surface area contributed by atoms with Gasteiger partial charge in [-0.1, -0.05) is 6.07 Å². The Kier molecular flexibility index (Phi) is 1.24. The maximum absolute atomic E-state index is 5.56. The van der Waals surface area contributed by atoms with Gasteiger partial charge >= 0.3 is 0 Å². The lowest BCUT2D eigenvalue weighted by Crippen LogP contribution is -2.18. The zero-order valence-corrected chi connectivity index (χ0v) is 5.99. The van der Waals surface area contributed by atoms with Crippen molar-refractivity contribution in [3.8, 4) is 0 Å². The van der Waals surface area contributed by atoms with Crippen LogP contribution in [0.15, 0.2) is 24.4 Å². The van der Waals surface area contributed by atoms with Crippen LogP contribution in [0.4, 0.5) is 0 Å². The van der Waals surface area contributed by atoms with Gasteiger partial charge in [0.2, 0.25) is 0 Å². The Morgan fingerprint density at radius 2 is 2.36 bits per heavy atom. The van der Waals surface area contributed by atoms with E-state index in [0.717, 1.165) is 10.9 Å². The Morgan fingerprint density at radius 1 is 1.45 bits per heavy atom. The monoisotopic (exact) mass is 141 g/mol. The minimum atomic E-state index is 0.712. The van der Waals surface area contributed by atoms with Gasteiger partial charge in [0.1, 0.15) is 11.4 Å². The lowest BCUT2D eigenvalue weighted by Gasteiger charge is -2.07. The molecule has 52 valence electrons. The number of hydrogen-bond donors (Lipinski definition) is 0. The van der Waals surface area contributed by atoms with Crippen molar-refractivity contribution in [2.45, 2.75) is 0 Å². The first kappa shape index (κ1) is 6.14. The zero-order chi connectivity index (χ0) is 7.68. The highest BCUT2D eigenvalue weighted by atomic mass is 14.6. The van der Waals surface area contributed by atoms with Gasteiger partial charge in [-0.15, -0.1) is 30.2 Å². The van der Waals surface area contributed by atoms with E-state index in [4.69, 9.17) is 6.58 Å². The highest BCUT2D eigenvalue weighted by Crippen LogP contribution is 1.97. The molecule has 0 spiro atoms. The second kappa shape index (κ2) is 2.22. The van der Waals surface area contributed by atoms with Gasteiger partial charge < -0.3 is 0 Å². The summed E-state index contributed by atoms with van der Waals surface area (Å²) in [5, 5.41) is 1.70. The average Bonchev–Trinajstić information content (AvgIpc) is 2.04. The van der Waals surface area contributed by atoms with Crippen molar-refractivity contribution in [3.05, 3.63) is 47.0 Å². The normalized spacial score (nSPS) is 13.0. The van der Waals surface area contributed by atoms with E-state index >= 15 is 0 Å². The Morgan fingerprint density at radius 3 is 3.27 bits per heavy atom. The van der Waals surface area contributed by atoms with E-state index in [1.807, 2.05) is 30.7 Å². The molecule has 0 unspecified atom stereocenters. The molecule has 0 aliphatic heterocycles. The molecule has 11 heavy (non-hydrogen) atoms. The average molecular weight is 141 g/mol. The smallest absolute Gasteiger partial charge is 0.111 e. The molecule has 0 aromatic carbocycles. The summed E-state index contributed by atoms with van der Waals surface area (Å²) in [5.74, 6) is 0. The molecule has 0 saturated heterocycles. The molecular formula is C10H7N. The number of fused-ring (bicyclic) bond motifs is 1. The Labute approximate surface area is 65.4 Å². The van der Waals surface area contributed by atoms with Crippen molar-refractivity contribution < 1.29 is 0 Å². The van der Waals surface area contributed by atoms with Gasteiger partial charge in [-0.05, 0) is 11.9 Å². The summed E-state index contributed by atoms with van der Waals surface area (Å²) < 4.78 is 0. The van der Waals surface area contributed by atoms with Gasteiger partial charge in [0.25, 0.3) is 0 Å². The molecule has 0 bridgehead atoms. The number of hydrogen-bond acceptors (Lipinski definition) is 1. The van der Waals surface area contributed by atoms with Crippen LogP contribution < -0.4 is 10.6 Å². The summed E-state index contributed by atoms with van der Waals surface area (Å²) in [6, 6.07) is 1.92. The number of allylic oxidation sites excluding steroid dienone is 2. The number of rotatable bonds is 0. The topological polar surface area (TPSA) is 12.9 Å². The Bertz CT molecular complexity index is 401. The van der Waals surface area contributed by atoms with E-state index in [1.165, 1.54) is 0 Å². The van der Waals surface area contributed by atoms with E-state index in [-0.39, 0.29) is 0 Å². The maximum atomic E-state index is 5.56. The summed E-state index contributed by atoms with van der Waals surface area (Å²) >= 11 is 0. The third kappa shape index (κ3) is 1.02. The third-order valence-corrected chi connectivity index (χ3v) is 1.61. The molecule has 0 atom stereocenters. The van der Waals surface area contributed by atoms with Crippen molar-refractivity contribution in [2.75, 3.05) is 0 Å². The minimum Gasteiger partial charge on any atom is -0.240 e. The third-order valence-electron chi connectivity index (χ3n) is 1.61. The molecule has 2 rings (SSSR count). The molecule has 1 heterocycles. The molecule has 0 amide bonds. The first-order valence-corrected chi connectivity index (χ1v) is 3.46. The Hall–Kier alpha value is -1.59. The van der Waals surface area contributed by atoms with Gasteiger partial charge in [-0.25, -0.2) is 4.98 Å². The van der Waals surface area contributed by atoms with Crippen LogP contribution in [-0.2, 0) is 0 Å². The summed E-state index contributed by atoms with van der Waals surface area (Å²) in [6.07, 6.45) is 9.57. The quantitative estimate of drug-likeness (QED) is 0.473. The van der Waals surface area contributed by atoms with Crippen molar-refractivity contribution in [1.29, 1.82) is 0 Å². The molecule has 0 radical (unpaired) electrons. The molecule has 0 N–H and O–H groups in total. The predicted octanol–water partition coefficient (Wildman–Crippen LogP) is 0.272. The summed E-state index contributed by atoms with van der Waals surface area (Å²) in [4.78, 5) is 4.16. The van der Waals surface area contributed by atoms with E-state index in [9.17, 15) is 0 Å². The van der Waals surface area contributed by atoms with Crippen LogP contribution in [0.3, 0.4) is 0 Å². The van der Waals surface area contributed by atoms with E-state index < -0.39 is 0 Å². The highest BCUT2D eigenvalue weighted by molar-refractivity contribution is 5.46. The second-order valence-electron chi connectivity index (χ2n) is 2.46. The lowest BCUT2D eigenvalue weighted by molar-refractivity contribution is 1.19. The van der Waals surface area contributed by atoms with Crippen LogP contribution in [0.25, 0.3) is 12.7 Å². The van der Waals surface area contributed by atoms with E-state index in [2.05, 4.69) is 4.98 Å². The molecular weight excluding hydrogens is 134 g/mol. The molecule has 1 aromatic heterocycles. The number of pyridine rings is 1. The van der Waals surface area contributed by atoms with E-state index in [0.29, 0.717) is 5.22 Å². The van der Waals surface area contributed by atoms with E-state index in [1.54, 1.807) is 6.20 Å². The van der Waals surface area contributed by atoms with Crippen molar-refractivity contribution in [1.82, 2.24) is 4.98 Å². The highest BCUT2D eigenvalue weighted by Gasteiger charge is 1.90. The van der Waals surface area contributed by atoms with Crippen LogP contribution >= 0.6 is 0 Å². The van der Waals surface area contributed by atoms with Crippen LogP contribution in [0.5, 0.6) is 0 Å². The standard InChI is InChI=1S/C10H7N/c1-8-6-9-4-2-3-5-10(9)11-7-8/h1-7H. The zero-order valence-electron chi connectivity index (χ0n) is 5.99. The molecule has 1 nitrogen and oxygen atoms in total. The van der Waals surface area contributed by atoms with Crippen LogP contribution in [0.2, 0.25) is 0 Å². The van der Waals surface area contributed by atoms with Crippen LogP contribution in [-0.4, -0.2) is 4.98 Å². The first-order chi connectivity index (χ1) is 5.36. The van der Waals surface area contributed by atoms with Crippen molar-refractivity contribution in [3.63, 3.8) is 0 Å². The van der Waals surface area contributed by atoms with Crippen molar-refractivity contribution >= 4 is 12.7 Å². The molecule has 1 aliphatic carbocycles. The maximum Gasteiger partial charge on any atom is 0.111 e. The van der Waals surface area contributed by atoms with Gasteiger partial charge in [0.15, 0.2) is 0 Å². The minimum absolute atomic E-state index is 0.712. The molecule has 1 heteroatoms. The number of nitrogens with zero attached hydrogens (tertiary/aromatic N) is 1. The summed E-state index contributed by atoms with van der Waals surface area (Å²) in [7, 11) is 0. The van der Waals surface area contributed by atoms with Gasteiger partial charge in [-0.3, -0.25) is 0 Å². The van der Waals surface area contributed by atoms with Gasteiger partial charge in [-0.2, -0.15) is 0 Å². The predicted molar refractivity (Wildman–Crippen MR) is 45.0 cm³/mol. The van der Waals surface area contributed by atoms with Crippen LogP contribution in [0.1, 0.15) is 5.56 Å². The van der Waals surface area contributed by atoms with Crippen LogP contribution in [0, 0.1) is 6.42 Å². The van der Waals surface area contributed by atoms with Crippen molar-refractivity contribution in [2.24, 2.45) is 0 Å². The molecule has 0 fully saturated rings. The largest absolute Gasteiger partial charge is 0.240 e. The fourth-order valence-electron chi connectivity index (χ4n) is 1.09. The first-order valence-electron chi connectivity index (χ1n) is 3.46. The van der Waals surface area contributed by atoms with Gasteiger partial charge in [0.05, 0.1) is 0 Å². The SMILES string of the molecule is [CH+]=c1cnc2c(c1)[CH-]C=CC=2. The number of aromatic nitrogens is 1. The van der Waals surface area contributed by atoms with Gasteiger partial charge in [0, 0.05) is 0 Å². The molecule has 1 aliphatic rings. The fraction of sp³-hybridized carbons (Fsp3) is 0. The summed E-state index contributed by atoms with van der Waals surface area (Å²) in [6.45, 7) is 5.56. The Balaban J connectivity index is 2.77. The fourth-order valence-corrected chi connectivity index (χ4v) is 1.09.